The van der Waals surface area contributed by atoms with Crippen molar-refractivity contribution >= 4 is 6.09 Å². The van der Waals surface area contributed by atoms with E-state index in [2.05, 4.69) is 35.7 Å². The molecule has 0 saturated carbocycles. The standard InChI is InChI=1S/C24H28N2O2/c1-17(26-22(27)28-23(2,3)4)15-24(16-25)20-11-7-5-9-18(20)13-14-19-10-6-8-12-21(19)24/h5-12,17H,13-15H2,1-4H3,(H,26,27). The lowest BCUT2D eigenvalue weighted by atomic mass is 9.70. The van der Waals surface area contributed by atoms with Gasteiger partial charge in [0.1, 0.15) is 11.0 Å². The van der Waals surface area contributed by atoms with Crippen molar-refractivity contribution in [2.45, 2.75) is 64.0 Å². The maximum atomic E-state index is 12.2. The Morgan fingerprint density at radius 3 is 2.07 bits per heavy atom. The van der Waals surface area contributed by atoms with E-state index >= 15 is 0 Å². The highest BCUT2D eigenvalue weighted by Crippen LogP contribution is 2.42. The van der Waals surface area contributed by atoms with Crippen LogP contribution in [0.1, 0.15) is 56.4 Å². The first-order valence-corrected chi connectivity index (χ1v) is 9.83. The first-order chi connectivity index (χ1) is 13.2. The Balaban J connectivity index is 1.99. The molecule has 0 fully saturated rings. The Hall–Kier alpha value is -2.80. The summed E-state index contributed by atoms with van der Waals surface area (Å²) in [6, 6.07) is 18.8. The number of ether oxygens (including phenoxy) is 1. The zero-order chi connectivity index (χ0) is 20.4. The number of rotatable bonds is 3. The van der Waals surface area contributed by atoms with Crippen LogP contribution in [0.3, 0.4) is 0 Å². The molecule has 0 radical (unpaired) electrons. The molecule has 0 aromatic heterocycles. The second-order valence-electron chi connectivity index (χ2n) is 8.58. The quantitative estimate of drug-likeness (QED) is 0.829. The molecule has 28 heavy (non-hydrogen) atoms. The number of carbonyl (C=O) groups excluding carboxylic acids is 1. The number of fused-ring (bicyclic) bond motifs is 2. The van der Waals surface area contributed by atoms with Crippen molar-refractivity contribution in [2.75, 3.05) is 0 Å². The van der Waals surface area contributed by atoms with Gasteiger partial charge in [0.05, 0.1) is 6.07 Å². The van der Waals surface area contributed by atoms with E-state index in [1.165, 1.54) is 11.1 Å². The Kier molecular flexibility index (Phi) is 5.47. The molecule has 0 saturated heterocycles. The van der Waals surface area contributed by atoms with Crippen LogP contribution in [0.15, 0.2) is 48.5 Å². The lowest BCUT2D eigenvalue weighted by molar-refractivity contribution is 0.0503. The van der Waals surface area contributed by atoms with Crippen molar-refractivity contribution < 1.29 is 9.53 Å². The fraction of sp³-hybridized carbons (Fsp3) is 0.417. The van der Waals surface area contributed by atoms with Gasteiger partial charge in [0.2, 0.25) is 0 Å². The number of alkyl carbamates (subject to hydrolysis) is 1. The molecule has 4 nitrogen and oxygen atoms in total. The Morgan fingerprint density at radius 2 is 1.61 bits per heavy atom. The second-order valence-corrected chi connectivity index (χ2v) is 8.58. The molecule has 0 bridgehead atoms. The monoisotopic (exact) mass is 376 g/mol. The van der Waals surface area contributed by atoms with Gasteiger partial charge in [0.25, 0.3) is 0 Å². The summed E-state index contributed by atoms with van der Waals surface area (Å²) in [5.41, 5.74) is 3.12. The van der Waals surface area contributed by atoms with E-state index in [1.807, 2.05) is 52.0 Å². The van der Waals surface area contributed by atoms with E-state index in [-0.39, 0.29) is 6.04 Å². The summed E-state index contributed by atoms with van der Waals surface area (Å²) in [4.78, 5) is 12.2. The average molecular weight is 377 g/mol. The predicted molar refractivity (Wildman–Crippen MR) is 110 cm³/mol. The summed E-state index contributed by atoms with van der Waals surface area (Å²) in [6.07, 6.45) is 1.84. The Labute approximate surface area is 167 Å². The largest absolute Gasteiger partial charge is 0.444 e. The van der Waals surface area contributed by atoms with Gasteiger partial charge in [-0.05, 0) is 69.2 Å². The molecule has 1 aliphatic rings. The van der Waals surface area contributed by atoms with Crippen LogP contribution >= 0.6 is 0 Å². The van der Waals surface area contributed by atoms with Crippen molar-refractivity contribution in [1.82, 2.24) is 5.32 Å². The molecule has 0 aliphatic heterocycles. The number of hydrogen-bond donors (Lipinski definition) is 1. The van der Waals surface area contributed by atoms with Gasteiger partial charge < -0.3 is 10.1 Å². The molecule has 2 aromatic carbocycles. The van der Waals surface area contributed by atoms with E-state index < -0.39 is 17.1 Å². The molecular formula is C24H28N2O2. The van der Waals surface area contributed by atoms with Gasteiger partial charge in [-0.1, -0.05) is 48.5 Å². The lowest BCUT2D eigenvalue weighted by Crippen LogP contribution is -2.42. The van der Waals surface area contributed by atoms with Gasteiger partial charge in [-0.15, -0.1) is 0 Å². The first-order valence-electron chi connectivity index (χ1n) is 9.83. The van der Waals surface area contributed by atoms with Crippen LogP contribution in [-0.2, 0) is 23.0 Å². The van der Waals surface area contributed by atoms with Crippen LogP contribution < -0.4 is 5.32 Å². The number of amides is 1. The summed E-state index contributed by atoms with van der Waals surface area (Å²) in [5, 5.41) is 13.3. The zero-order valence-corrected chi connectivity index (χ0v) is 17.1. The van der Waals surface area contributed by atoms with E-state index in [4.69, 9.17) is 4.74 Å². The molecule has 1 N–H and O–H groups in total. The molecule has 1 atom stereocenters. The molecule has 1 aliphatic carbocycles. The minimum absolute atomic E-state index is 0.228. The van der Waals surface area contributed by atoms with Crippen molar-refractivity contribution in [3.63, 3.8) is 0 Å². The van der Waals surface area contributed by atoms with E-state index in [9.17, 15) is 10.1 Å². The van der Waals surface area contributed by atoms with Gasteiger partial charge in [-0.25, -0.2) is 4.79 Å². The summed E-state index contributed by atoms with van der Waals surface area (Å²) in [6.45, 7) is 7.45. The SMILES string of the molecule is CC(CC1(C#N)c2ccccc2CCc2ccccc21)NC(=O)OC(C)(C)C. The summed E-state index contributed by atoms with van der Waals surface area (Å²) >= 11 is 0. The fourth-order valence-electron chi connectivity index (χ4n) is 4.13. The zero-order valence-electron chi connectivity index (χ0n) is 17.1. The number of hydrogen-bond acceptors (Lipinski definition) is 3. The van der Waals surface area contributed by atoms with Crippen LogP contribution in [0.25, 0.3) is 0 Å². The smallest absolute Gasteiger partial charge is 0.407 e. The predicted octanol–water partition coefficient (Wildman–Crippen LogP) is 4.90. The number of benzene rings is 2. The molecule has 1 unspecified atom stereocenters. The highest BCUT2D eigenvalue weighted by Gasteiger charge is 2.41. The van der Waals surface area contributed by atoms with Crippen LogP contribution in [0.2, 0.25) is 0 Å². The van der Waals surface area contributed by atoms with Crippen LogP contribution in [0.4, 0.5) is 4.79 Å². The van der Waals surface area contributed by atoms with Crippen molar-refractivity contribution in [3.8, 4) is 6.07 Å². The number of carbonyl (C=O) groups is 1. The maximum Gasteiger partial charge on any atom is 0.407 e. The minimum Gasteiger partial charge on any atom is -0.444 e. The summed E-state index contributed by atoms with van der Waals surface area (Å²) in [7, 11) is 0. The highest BCUT2D eigenvalue weighted by atomic mass is 16.6. The Bertz CT molecular complexity index is 858. The average Bonchev–Trinajstić information content (AvgIpc) is 2.76. The van der Waals surface area contributed by atoms with Crippen LogP contribution in [-0.4, -0.2) is 17.7 Å². The number of nitrogens with zero attached hydrogens (tertiary/aromatic N) is 1. The van der Waals surface area contributed by atoms with Crippen molar-refractivity contribution in [3.05, 3.63) is 70.8 Å². The molecule has 0 spiro atoms. The summed E-state index contributed by atoms with van der Waals surface area (Å²) < 4.78 is 5.39. The van der Waals surface area contributed by atoms with Gasteiger partial charge in [-0.2, -0.15) is 5.26 Å². The van der Waals surface area contributed by atoms with E-state index in [0.29, 0.717) is 6.42 Å². The fourth-order valence-corrected chi connectivity index (χ4v) is 4.13. The van der Waals surface area contributed by atoms with Crippen molar-refractivity contribution in [2.24, 2.45) is 0 Å². The first kappa shape index (κ1) is 19.9. The molecule has 1 amide bonds. The number of aryl methyl sites for hydroxylation is 2. The highest BCUT2D eigenvalue weighted by molar-refractivity contribution is 5.68. The van der Waals surface area contributed by atoms with E-state index in [1.54, 1.807) is 0 Å². The molecule has 3 rings (SSSR count). The summed E-state index contributed by atoms with van der Waals surface area (Å²) in [5.74, 6) is 0. The number of nitriles is 1. The Morgan fingerprint density at radius 1 is 1.11 bits per heavy atom. The molecular weight excluding hydrogens is 348 g/mol. The minimum atomic E-state index is -0.807. The normalized spacial score (nSPS) is 16.0. The second kappa shape index (κ2) is 7.67. The van der Waals surface area contributed by atoms with Crippen LogP contribution in [0, 0.1) is 11.3 Å². The topological polar surface area (TPSA) is 62.1 Å². The third-order valence-corrected chi connectivity index (χ3v) is 5.18. The van der Waals surface area contributed by atoms with Gasteiger partial charge >= 0.3 is 6.09 Å². The van der Waals surface area contributed by atoms with Gasteiger partial charge in [-0.3, -0.25) is 0 Å². The van der Waals surface area contributed by atoms with Gasteiger partial charge in [0.15, 0.2) is 0 Å². The maximum absolute atomic E-state index is 12.2. The third-order valence-electron chi connectivity index (χ3n) is 5.18. The van der Waals surface area contributed by atoms with E-state index in [0.717, 1.165) is 24.0 Å². The lowest BCUT2D eigenvalue weighted by Gasteiger charge is -2.32. The molecule has 146 valence electrons. The number of nitrogens with one attached hydrogen (secondary N) is 1. The van der Waals surface area contributed by atoms with Crippen molar-refractivity contribution in [1.29, 1.82) is 5.26 Å². The molecule has 0 heterocycles. The molecule has 4 heteroatoms. The van der Waals surface area contributed by atoms with Gasteiger partial charge in [0, 0.05) is 6.04 Å². The molecule has 2 aromatic rings. The van der Waals surface area contributed by atoms with Crippen LogP contribution in [0.5, 0.6) is 0 Å². The third kappa shape index (κ3) is 4.04.